The van der Waals surface area contributed by atoms with Gasteiger partial charge >= 0.3 is 5.97 Å². The summed E-state index contributed by atoms with van der Waals surface area (Å²) < 4.78 is 10.9. The molecule has 0 amide bonds. The van der Waals surface area contributed by atoms with Crippen LogP contribution in [0.25, 0.3) is 0 Å². The summed E-state index contributed by atoms with van der Waals surface area (Å²) in [5.74, 6) is -1.45. The second-order valence-electron chi connectivity index (χ2n) is 3.41. The molecular formula is C8H13NO4. The molecule has 5 heteroatoms. The Kier molecular flexibility index (Phi) is 2.23. The van der Waals surface area contributed by atoms with E-state index in [1.54, 1.807) is 0 Å². The first-order valence-corrected chi connectivity index (χ1v) is 4.46. The Morgan fingerprint density at radius 1 is 1.46 bits per heavy atom. The van der Waals surface area contributed by atoms with Crippen molar-refractivity contribution < 1.29 is 19.4 Å². The van der Waals surface area contributed by atoms with Gasteiger partial charge in [0.15, 0.2) is 5.79 Å². The predicted octanol–water partition coefficient (Wildman–Crippen LogP) is -0.434. The van der Waals surface area contributed by atoms with Crippen molar-refractivity contribution >= 4 is 5.97 Å². The zero-order valence-corrected chi connectivity index (χ0v) is 7.28. The first kappa shape index (κ1) is 8.93. The number of rotatable bonds is 1. The van der Waals surface area contributed by atoms with Crippen molar-refractivity contribution in [1.29, 1.82) is 0 Å². The second-order valence-corrected chi connectivity index (χ2v) is 3.41. The van der Waals surface area contributed by atoms with Crippen molar-refractivity contribution in [2.24, 2.45) is 0 Å². The van der Waals surface area contributed by atoms with Crippen LogP contribution in [0.2, 0.25) is 0 Å². The molecule has 13 heavy (non-hydrogen) atoms. The molecule has 1 atom stereocenters. The summed E-state index contributed by atoms with van der Waals surface area (Å²) in [5, 5.41) is 11.7. The summed E-state index contributed by atoms with van der Waals surface area (Å²) in [5.41, 5.74) is 0. The SMILES string of the molecule is O=C(O)C1CC2(CCN1)OCCO2. The minimum atomic E-state index is -0.835. The lowest BCUT2D eigenvalue weighted by Gasteiger charge is -2.35. The molecule has 1 spiro atoms. The van der Waals surface area contributed by atoms with Crippen molar-refractivity contribution in [1.82, 2.24) is 5.32 Å². The average Bonchev–Trinajstić information content (AvgIpc) is 2.53. The van der Waals surface area contributed by atoms with E-state index in [0.717, 1.165) is 6.42 Å². The summed E-state index contributed by atoms with van der Waals surface area (Å²) in [6.07, 6.45) is 1.14. The normalized spacial score (nSPS) is 32.2. The number of piperidine rings is 1. The molecule has 74 valence electrons. The third-order valence-corrected chi connectivity index (χ3v) is 2.52. The van der Waals surface area contributed by atoms with E-state index in [2.05, 4.69) is 5.32 Å². The number of hydrogen-bond acceptors (Lipinski definition) is 4. The topological polar surface area (TPSA) is 67.8 Å². The van der Waals surface area contributed by atoms with Gasteiger partial charge in [-0.15, -0.1) is 0 Å². The van der Waals surface area contributed by atoms with E-state index in [1.165, 1.54) is 0 Å². The highest BCUT2D eigenvalue weighted by atomic mass is 16.7. The molecule has 2 heterocycles. The van der Waals surface area contributed by atoms with Gasteiger partial charge in [-0.3, -0.25) is 4.79 Å². The zero-order valence-electron chi connectivity index (χ0n) is 7.28. The van der Waals surface area contributed by atoms with Crippen molar-refractivity contribution in [2.75, 3.05) is 19.8 Å². The fraction of sp³-hybridized carbons (Fsp3) is 0.875. The van der Waals surface area contributed by atoms with Crippen molar-refractivity contribution in [2.45, 2.75) is 24.7 Å². The lowest BCUT2D eigenvalue weighted by molar-refractivity contribution is -0.186. The highest BCUT2D eigenvalue weighted by Crippen LogP contribution is 2.30. The first-order valence-electron chi connectivity index (χ1n) is 4.46. The van der Waals surface area contributed by atoms with Gasteiger partial charge in [0.05, 0.1) is 13.2 Å². The molecule has 0 aliphatic carbocycles. The summed E-state index contributed by atoms with van der Waals surface area (Å²) >= 11 is 0. The van der Waals surface area contributed by atoms with Crippen LogP contribution in [0.15, 0.2) is 0 Å². The Hall–Kier alpha value is -0.650. The van der Waals surface area contributed by atoms with Crippen LogP contribution >= 0.6 is 0 Å². The van der Waals surface area contributed by atoms with Crippen LogP contribution in [0.3, 0.4) is 0 Å². The zero-order chi connectivity index (χ0) is 9.31. The molecular weight excluding hydrogens is 174 g/mol. The quantitative estimate of drug-likeness (QED) is 0.583. The minimum Gasteiger partial charge on any atom is -0.480 e. The van der Waals surface area contributed by atoms with Crippen molar-refractivity contribution in [3.8, 4) is 0 Å². The fourth-order valence-electron chi connectivity index (χ4n) is 1.86. The van der Waals surface area contributed by atoms with Gasteiger partial charge < -0.3 is 19.9 Å². The molecule has 0 bridgehead atoms. The maximum atomic E-state index is 10.7. The highest BCUT2D eigenvalue weighted by molar-refractivity contribution is 5.73. The Balaban J connectivity index is 2.02. The lowest BCUT2D eigenvalue weighted by atomic mass is 9.98. The van der Waals surface area contributed by atoms with Crippen LogP contribution in [0.1, 0.15) is 12.8 Å². The third-order valence-electron chi connectivity index (χ3n) is 2.52. The number of nitrogens with one attached hydrogen (secondary N) is 1. The summed E-state index contributed by atoms with van der Waals surface area (Å²) in [6, 6.07) is -0.535. The lowest BCUT2D eigenvalue weighted by Crippen LogP contribution is -2.52. The smallest absolute Gasteiger partial charge is 0.320 e. The van der Waals surface area contributed by atoms with Crippen LogP contribution in [-0.2, 0) is 14.3 Å². The van der Waals surface area contributed by atoms with E-state index in [1.807, 2.05) is 0 Å². The van der Waals surface area contributed by atoms with Crippen LogP contribution in [0.5, 0.6) is 0 Å². The van der Waals surface area contributed by atoms with Gasteiger partial charge in [-0.05, 0) is 0 Å². The number of carboxylic acid groups (broad SMARTS) is 1. The summed E-state index contributed by atoms with van der Waals surface area (Å²) in [7, 11) is 0. The molecule has 0 aromatic rings. The minimum absolute atomic E-state index is 0.405. The van der Waals surface area contributed by atoms with Crippen molar-refractivity contribution in [3.05, 3.63) is 0 Å². The number of carboxylic acids is 1. The van der Waals surface area contributed by atoms with Crippen LogP contribution < -0.4 is 5.32 Å². The Bertz CT molecular complexity index is 212. The predicted molar refractivity (Wildman–Crippen MR) is 43.3 cm³/mol. The van der Waals surface area contributed by atoms with Crippen LogP contribution in [0, 0.1) is 0 Å². The van der Waals surface area contributed by atoms with E-state index < -0.39 is 17.8 Å². The molecule has 0 radical (unpaired) electrons. The number of ether oxygens (including phenoxy) is 2. The number of hydrogen-bond donors (Lipinski definition) is 2. The van der Waals surface area contributed by atoms with Gasteiger partial charge in [0, 0.05) is 19.4 Å². The molecule has 2 aliphatic rings. The first-order chi connectivity index (χ1) is 6.22. The molecule has 2 rings (SSSR count). The molecule has 2 fully saturated rings. The Labute approximate surface area is 76.0 Å². The van der Waals surface area contributed by atoms with E-state index >= 15 is 0 Å². The monoisotopic (exact) mass is 187 g/mol. The Morgan fingerprint density at radius 2 is 2.15 bits per heavy atom. The van der Waals surface area contributed by atoms with Gasteiger partial charge in [0.1, 0.15) is 6.04 Å². The summed E-state index contributed by atoms with van der Waals surface area (Å²) in [6.45, 7) is 1.79. The molecule has 1 unspecified atom stereocenters. The number of carbonyl (C=O) groups is 1. The van der Waals surface area contributed by atoms with E-state index in [0.29, 0.717) is 26.2 Å². The van der Waals surface area contributed by atoms with Gasteiger partial charge in [-0.1, -0.05) is 0 Å². The maximum absolute atomic E-state index is 10.7. The molecule has 2 aliphatic heterocycles. The summed E-state index contributed by atoms with van der Waals surface area (Å²) in [4.78, 5) is 10.7. The van der Waals surface area contributed by atoms with Gasteiger partial charge in [0.25, 0.3) is 0 Å². The molecule has 5 nitrogen and oxygen atoms in total. The van der Waals surface area contributed by atoms with E-state index in [9.17, 15) is 4.79 Å². The van der Waals surface area contributed by atoms with E-state index in [4.69, 9.17) is 14.6 Å². The van der Waals surface area contributed by atoms with Gasteiger partial charge in [-0.25, -0.2) is 0 Å². The highest BCUT2D eigenvalue weighted by Gasteiger charge is 2.43. The van der Waals surface area contributed by atoms with E-state index in [-0.39, 0.29) is 0 Å². The molecule has 0 saturated carbocycles. The Morgan fingerprint density at radius 3 is 2.77 bits per heavy atom. The van der Waals surface area contributed by atoms with Gasteiger partial charge in [0.2, 0.25) is 0 Å². The maximum Gasteiger partial charge on any atom is 0.320 e. The third kappa shape index (κ3) is 1.67. The average molecular weight is 187 g/mol. The van der Waals surface area contributed by atoms with Crippen LogP contribution in [-0.4, -0.2) is 42.7 Å². The molecule has 0 aromatic carbocycles. The second kappa shape index (κ2) is 3.25. The standard InChI is InChI=1S/C8H13NO4/c10-7(11)6-5-8(1-2-9-6)12-3-4-13-8/h6,9H,1-5H2,(H,10,11). The molecule has 2 saturated heterocycles. The molecule has 0 aromatic heterocycles. The van der Waals surface area contributed by atoms with Gasteiger partial charge in [-0.2, -0.15) is 0 Å². The number of aliphatic carboxylic acids is 1. The van der Waals surface area contributed by atoms with Crippen LogP contribution in [0.4, 0.5) is 0 Å². The fourth-order valence-corrected chi connectivity index (χ4v) is 1.86. The molecule has 2 N–H and O–H groups in total. The van der Waals surface area contributed by atoms with Crippen molar-refractivity contribution in [3.63, 3.8) is 0 Å². The largest absolute Gasteiger partial charge is 0.480 e.